The monoisotopic (exact) mass is 267 g/mol. The third-order valence-electron chi connectivity index (χ3n) is 3.70. The molecule has 3 unspecified atom stereocenters. The number of hydrogen-bond donors (Lipinski definition) is 1. The Hall–Kier alpha value is -0.940. The first-order valence-corrected chi connectivity index (χ1v) is 7.44. The SMILES string of the molecule is CC(N)C(C)C(=O)N1CCCCC1c1nccs1. The van der Waals surface area contributed by atoms with Crippen LogP contribution in [0, 0.1) is 5.92 Å². The Bertz CT molecular complexity index is 391. The molecule has 1 saturated heterocycles. The van der Waals surface area contributed by atoms with E-state index >= 15 is 0 Å². The highest BCUT2D eigenvalue weighted by atomic mass is 32.1. The van der Waals surface area contributed by atoms with Crippen LogP contribution in [-0.4, -0.2) is 28.4 Å². The van der Waals surface area contributed by atoms with Crippen LogP contribution in [0.5, 0.6) is 0 Å². The quantitative estimate of drug-likeness (QED) is 0.913. The van der Waals surface area contributed by atoms with E-state index in [2.05, 4.69) is 4.98 Å². The summed E-state index contributed by atoms with van der Waals surface area (Å²) in [5.41, 5.74) is 5.85. The molecule has 100 valence electrons. The van der Waals surface area contributed by atoms with Crippen LogP contribution in [-0.2, 0) is 4.79 Å². The second-order valence-electron chi connectivity index (χ2n) is 5.06. The van der Waals surface area contributed by atoms with E-state index in [9.17, 15) is 4.79 Å². The van der Waals surface area contributed by atoms with Gasteiger partial charge in [-0.1, -0.05) is 6.92 Å². The average molecular weight is 267 g/mol. The van der Waals surface area contributed by atoms with Crippen molar-refractivity contribution < 1.29 is 4.79 Å². The van der Waals surface area contributed by atoms with E-state index in [0.717, 1.165) is 24.4 Å². The van der Waals surface area contributed by atoms with Gasteiger partial charge in [0, 0.05) is 24.2 Å². The van der Waals surface area contributed by atoms with Crippen molar-refractivity contribution >= 4 is 17.2 Å². The molecular weight excluding hydrogens is 246 g/mol. The number of thiazole rings is 1. The van der Waals surface area contributed by atoms with E-state index in [1.807, 2.05) is 30.3 Å². The number of hydrogen-bond acceptors (Lipinski definition) is 4. The lowest BCUT2D eigenvalue weighted by molar-refractivity contribution is -0.139. The van der Waals surface area contributed by atoms with Gasteiger partial charge in [-0.2, -0.15) is 0 Å². The number of nitrogens with zero attached hydrogens (tertiary/aromatic N) is 2. The standard InChI is InChI=1S/C13H21N3OS/c1-9(10(2)14)13(17)16-7-4-3-5-11(16)12-15-6-8-18-12/h6,8-11H,3-5,7,14H2,1-2H3. The number of rotatable bonds is 3. The first kappa shape index (κ1) is 13.5. The molecule has 0 radical (unpaired) electrons. The first-order chi connectivity index (χ1) is 8.61. The molecule has 0 aliphatic carbocycles. The van der Waals surface area contributed by atoms with Crippen LogP contribution in [0.1, 0.15) is 44.2 Å². The molecule has 0 aromatic carbocycles. The molecule has 2 heterocycles. The first-order valence-electron chi connectivity index (χ1n) is 6.56. The fraction of sp³-hybridized carbons (Fsp3) is 0.692. The molecule has 1 fully saturated rings. The Morgan fingerprint density at radius 3 is 2.94 bits per heavy atom. The molecule has 5 heteroatoms. The Morgan fingerprint density at radius 1 is 1.56 bits per heavy atom. The molecule has 4 nitrogen and oxygen atoms in total. The summed E-state index contributed by atoms with van der Waals surface area (Å²) in [5, 5.41) is 3.03. The van der Waals surface area contributed by atoms with E-state index in [1.54, 1.807) is 11.3 Å². The normalized spacial score (nSPS) is 23.7. The van der Waals surface area contributed by atoms with Crippen molar-refractivity contribution in [2.75, 3.05) is 6.54 Å². The molecule has 2 N–H and O–H groups in total. The molecule has 3 atom stereocenters. The Balaban J connectivity index is 2.15. The van der Waals surface area contributed by atoms with Gasteiger partial charge in [0.05, 0.1) is 12.0 Å². The van der Waals surface area contributed by atoms with E-state index in [0.29, 0.717) is 0 Å². The minimum atomic E-state index is -0.120. The minimum Gasteiger partial charge on any atom is -0.333 e. The van der Waals surface area contributed by atoms with Crippen molar-refractivity contribution in [1.82, 2.24) is 9.88 Å². The molecule has 1 aromatic heterocycles. The molecular formula is C13H21N3OS. The number of nitrogens with two attached hydrogens (primary N) is 1. The van der Waals surface area contributed by atoms with Crippen LogP contribution >= 0.6 is 11.3 Å². The van der Waals surface area contributed by atoms with Crippen molar-refractivity contribution in [3.63, 3.8) is 0 Å². The average Bonchev–Trinajstić information content (AvgIpc) is 2.90. The van der Waals surface area contributed by atoms with Gasteiger partial charge in [-0.15, -0.1) is 11.3 Å². The zero-order chi connectivity index (χ0) is 13.1. The van der Waals surface area contributed by atoms with E-state index < -0.39 is 0 Å². The van der Waals surface area contributed by atoms with Crippen molar-refractivity contribution in [3.05, 3.63) is 16.6 Å². The van der Waals surface area contributed by atoms with E-state index in [4.69, 9.17) is 5.73 Å². The van der Waals surface area contributed by atoms with Gasteiger partial charge in [-0.05, 0) is 26.2 Å². The van der Waals surface area contributed by atoms with Crippen LogP contribution in [0.4, 0.5) is 0 Å². The zero-order valence-electron chi connectivity index (χ0n) is 11.0. The van der Waals surface area contributed by atoms with E-state index in [1.165, 1.54) is 6.42 Å². The third kappa shape index (κ3) is 2.72. The largest absolute Gasteiger partial charge is 0.333 e. The molecule has 0 spiro atoms. The molecule has 1 aliphatic heterocycles. The van der Waals surface area contributed by atoms with Gasteiger partial charge in [0.15, 0.2) is 0 Å². The lowest BCUT2D eigenvalue weighted by Crippen LogP contribution is -2.45. The van der Waals surface area contributed by atoms with Crippen molar-refractivity contribution in [2.45, 2.75) is 45.2 Å². The predicted octanol–water partition coefficient (Wildman–Crippen LogP) is 2.18. The van der Waals surface area contributed by atoms with Gasteiger partial charge in [0.25, 0.3) is 0 Å². The lowest BCUT2D eigenvalue weighted by Gasteiger charge is -2.36. The van der Waals surface area contributed by atoms with Crippen LogP contribution in [0.3, 0.4) is 0 Å². The topological polar surface area (TPSA) is 59.2 Å². The number of aromatic nitrogens is 1. The minimum absolute atomic E-state index is 0.101. The summed E-state index contributed by atoms with van der Waals surface area (Å²) in [6.45, 7) is 4.64. The van der Waals surface area contributed by atoms with Crippen LogP contribution < -0.4 is 5.73 Å². The molecule has 0 bridgehead atoms. The molecule has 1 aliphatic rings. The fourth-order valence-corrected chi connectivity index (χ4v) is 3.12. The molecule has 2 rings (SSSR count). The third-order valence-corrected chi connectivity index (χ3v) is 4.58. The maximum Gasteiger partial charge on any atom is 0.227 e. The van der Waals surface area contributed by atoms with Crippen molar-refractivity contribution in [2.24, 2.45) is 11.7 Å². The second kappa shape index (κ2) is 5.80. The lowest BCUT2D eigenvalue weighted by atomic mass is 9.97. The number of piperidine rings is 1. The molecule has 1 aromatic rings. The Morgan fingerprint density at radius 2 is 2.33 bits per heavy atom. The summed E-state index contributed by atoms with van der Waals surface area (Å²) >= 11 is 1.63. The van der Waals surface area contributed by atoms with Crippen molar-refractivity contribution in [1.29, 1.82) is 0 Å². The Kier molecular flexibility index (Phi) is 4.35. The maximum absolute atomic E-state index is 12.5. The van der Waals surface area contributed by atoms with Gasteiger partial charge in [-0.25, -0.2) is 4.98 Å². The zero-order valence-corrected chi connectivity index (χ0v) is 11.8. The van der Waals surface area contributed by atoms with E-state index in [-0.39, 0.29) is 23.9 Å². The highest BCUT2D eigenvalue weighted by Gasteiger charge is 2.32. The fourth-order valence-electron chi connectivity index (χ4n) is 2.34. The summed E-state index contributed by atoms with van der Waals surface area (Å²) in [5.74, 6) is 0.0514. The predicted molar refractivity (Wildman–Crippen MR) is 73.2 cm³/mol. The number of likely N-dealkylation sites (tertiary alicyclic amines) is 1. The van der Waals surface area contributed by atoms with Crippen LogP contribution in [0.25, 0.3) is 0 Å². The smallest absolute Gasteiger partial charge is 0.227 e. The summed E-state index contributed by atoms with van der Waals surface area (Å²) < 4.78 is 0. The molecule has 0 saturated carbocycles. The summed E-state index contributed by atoms with van der Waals surface area (Å²) in [4.78, 5) is 18.8. The maximum atomic E-state index is 12.5. The van der Waals surface area contributed by atoms with Gasteiger partial charge in [-0.3, -0.25) is 4.79 Å². The summed E-state index contributed by atoms with van der Waals surface area (Å²) in [6.07, 6.45) is 5.08. The summed E-state index contributed by atoms with van der Waals surface area (Å²) in [7, 11) is 0. The van der Waals surface area contributed by atoms with Crippen molar-refractivity contribution in [3.8, 4) is 0 Å². The van der Waals surface area contributed by atoms with Crippen LogP contribution in [0.15, 0.2) is 11.6 Å². The molecule has 18 heavy (non-hydrogen) atoms. The number of carbonyl (C=O) groups excluding carboxylic acids is 1. The van der Waals surface area contributed by atoms with Gasteiger partial charge >= 0.3 is 0 Å². The number of amides is 1. The van der Waals surface area contributed by atoms with Gasteiger partial charge in [0.2, 0.25) is 5.91 Å². The Labute approximate surface area is 112 Å². The highest BCUT2D eigenvalue weighted by molar-refractivity contribution is 7.09. The second-order valence-corrected chi connectivity index (χ2v) is 5.99. The van der Waals surface area contributed by atoms with Crippen LogP contribution in [0.2, 0.25) is 0 Å². The van der Waals surface area contributed by atoms with Gasteiger partial charge < -0.3 is 10.6 Å². The highest BCUT2D eigenvalue weighted by Crippen LogP contribution is 2.33. The number of carbonyl (C=O) groups is 1. The summed E-state index contributed by atoms with van der Waals surface area (Å²) in [6, 6.07) is 0.0591. The van der Waals surface area contributed by atoms with Gasteiger partial charge in [0.1, 0.15) is 5.01 Å². The molecule has 1 amide bonds.